The van der Waals surface area contributed by atoms with Crippen LogP contribution in [-0.2, 0) is 9.53 Å². The van der Waals surface area contributed by atoms with E-state index in [0.717, 1.165) is 5.56 Å². The largest absolute Gasteiger partial charge is 0.394 e. The number of aliphatic hydroxyl groups excluding tert-OH is 1. The van der Waals surface area contributed by atoms with Crippen molar-refractivity contribution in [2.75, 3.05) is 38.2 Å². The number of benzene rings is 1. The number of carbonyl (C=O) groups excluding carboxylic acids is 1. The Hall–Kier alpha value is -0.850. The number of aryl methyl sites for hydroxylation is 1. The predicted octanol–water partition coefficient (Wildman–Crippen LogP) is 1.93. The lowest BCUT2D eigenvalue weighted by molar-refractivity contribution is -0.120. The molecule has 1 unspecified atom stereocenters. The SMILES string of the molecule is Cc1ccc(Cl)c(NC(=O)CN2CCOC(CO)C2)c1Cl. The van der Waals surface area contributed by atoms with Crippen LogP contribution in [-0.4, -0.2) is 54.9 Å². The maximum absolute atomic E-state index is 12.1. The van der Waals surface area contributed by atoms with Crippen LogP contribution in [0, 0.1) is 6.92 Å². The third-order valence-electron chi connectivity index (χ3n) is 3.34. The van der Waals surface area contributed by atoms with Gasteiger partial charge < -0.3 is 15.2 Å². The average molecular weight is 333 g/mol. The maximum Gasteiger partial charge on any atom is 0.238 e. The van der Waals surface area contributed by atoms with Gasteiger partial charge in [-0.05, 0) is 18.6 Å². The molecule has 1 aliphatic rings. The van der Waals surface area contributed by atoms with Gasteiger partial charge in [0, 0.05) is 13.1 Å². The van der Waals surface area contributed by atoms with Crippen LogP contribution in [0.3, 0.4) is 0 Å². The lowest BCUT2D eigenvalue weighted by atomic mass is 10.2. The lowest BCUT2D eigenvalue weighted by Crippen LogP contribution is -2.46. The zero-order valence-electron chi connectivity index (χ0n) is 11.7. The summed E-state index contributed by atoms with van der Waals surface area (Å²) in [5, 5.41) is 12.7. The third-order valence-corrected chi connectivity index (χ3v) is 4.14. The third kappa shape index (κ3) is 4.31. The summed E-state index contributed by atoms with van der Waals surface area (Å²) in [6, 6.07) is 3.50. The molecular weight excluding hydrogens is 315 g/mol. The van der Waals surface area contributed by atoms with Crippen LogP contribution in [0.2, 0.25) is 10.0 Å². The molecule has 2 rings (SSSR count). The monoisotopic (exact) mass is 332 g/mol. The van der Waals surface area contributed by atoms with Gasteiger partial charge in [0.15, 0.2) is 0 Å². The fourth-order valence-corrected chi connectivity index (χ4v) is 2.65. The van der Waals surface area contributed by atoms with Gasteiger partial charge in [0.05, 0.1) is 41.6 Å². The number of halogens is 2. The Balaban J connectivity index is 1.97. The van der Waals surface area contributed by atoms with E-state index in [4.69, 9.17) is 33.0 Å². The molecule has 5 nitrogen and oxygen atoms in total. The van der Waals surface area contributed by atoms with Gasteiger partial charge in [-0.2, -0.15) is 0 Å². The molecule has 1 saturated heterocycles. The molecular formula is C14H18Cl2N2O3. The Morgan fingerprint density at radius 1 is 1.52 bits per heavy atom. The standard InChI is InChI=1S/C14H18Cl2N2O3/c1-9-2-3-11(15)14(13(9)16)17-12(20)7-18-4-5-21-10(6-18)8-19/h2-3,10,19H,4-8H2,1H3,(H,17,20). The van der Waals surface area contributed by atoms with E-state index < -0.39 is 0 Å². The summed E-state index contributed by atoms with van der Waals surface area (Å²) in [7, 11) is 0. The van der Waals surface area contributed by atoms with Crippen LogP contribution in [0.5, 0.6) is 0 Å². The zero-order valence-corrected chi connectivity index (χ0v) is 13.2. The van der Waals surface area contributed by atoms with Crippen molar-refractivity contribution in [3.8, 4) is 0 Å². The fourth-order valence-electron chi connectivity index (χ4n) is 2.19. The molecule has 7 heteroatoms. The van der Waals surface area contributed by atoms with Crippen molar-refractivity contribution in [3.05, 3.63) is 27.7 Å². The van der Waals surface area contributed by atoms with Gasteiger partial charge in [-0.15, -0.1) is 0 Å². The second-order valence-electron chi connectivity index (χ2n) is 5.01. The van der Waals surface area contributed by atoms with E-state index in [1.807, 2.05) is 11.8 Å². The molecule has 1 aliphatic heterocycles. The fraction of sp³-hybridized carbons (Fsp3) is 0.500. The van der Waals surface area contributed by atoms with Crippen LogP contribution in [0.1, 0.15) is 5.56 Å². The van der Waals surface area contributed by atoms with Crippen molar-refractivity contribution < 1.29 is 14.6 Å². The number of aliphatic hydroxyl groups is 1. The highest BCUT2D eigenvalue weighted by molar-refractivity contribution is 6.40. The molecule has 1 amide bonds. The highest BCUT2D eigenvalue weighted by atomic mass is 35.5. The number of hydrogen-bond acceptors (Lipinski definition) is 4. The molecule has 0 aromatic heterocycles. The van der Waals surface area contributed by atoms with Crippen molar-refractivity contribution in [1.82, 2.24) is 4.90 Å². The van der Waals surface area contributed by atoms with E-state index in [0.29, 0.717) is 35.4 Å². The van der Waals surface area contributed by atoms with Crippen molar-refractivity contribution in [3.63, 3.8) is 0 Å². The Labute approximate surface area is 133 Å². The van der Waals surface area contributed by atoms with E-state index in [2.05, 4.69) is 5.32 Å². The van der Waals surface area contributed by atoms with Crippen LogP contribution in [0.4, 0.5) is 5.69 Å². The van der Waals surface area contributed by atoms with E-state index >= 15 is 0 Å². The number of morpholine rings is 1. The number of hydrogen-bond donors (Lipinski definition) is 2. The molecule has 1 heterocycles. The number of amides is 1. The number of rotatable bonds is 4. The summed E-state index contributed by atoms with van der Waals surface area (Å²) < 4.78 is 5.35. The minimum atomic E-state index is -0.238. The predicted molar refractivity (Wildman–Crippen MR) is 83.1 cm³/mol. The number of nitrogens with one attached hydrogen (secondary N) is 1. The van der Waals surface area contributed by atoms with Gasteiger partial charge in [-0.1, -0.05) is 29.3 Å². The number of carbonyl (C=O) groups is 1. The van der Waals surface area contributed by atoms with Crippen LogP contribution in [0.25, 0.3) is 0 Å². The quantitative estimate of drug-likeness (QED) is 0.884. The normalized spacial score (nSPS) is 19.5. The second-order valence-corrected chi connectivity index (χ2v) is 5.80. The topological polar surface area (TPSA) is 61.8 Å². The number of nitrogens with zero attached hydrogens (tertiary/aromatic N) is 1. The lowest BCUT2D eigenvalue weighted by Gasteiger charge is -2.31. The van der Waals surface area contributed by atoms with Gasteiger partial charge >= 0.3 is 0 Å². The van der Waals surface area contributed by atoms with Gasteiger partial charge in [-0.25, -0.2) is 0 Å². The van der Waals surface area contributed by atoms with Gasteiger partial charge in [0.2, 0.25) is 5.91 Å². The Morgan fingerprint density at radius 3 is 3.00 bits per heavy atom. The van der Waals surface area contributed by atoms with Gasteiger partial charge in [0.25, 0.3) is 0 Å². The summed E-state index contributed by atoms with van der Waals surface area (Å²) in [5.74, 6) is -0.192. The first-order chi connectivity index (χ1) is 10.0. The van der Waals surface area contributed by atoms with Crippen molar-refractivity contribution in [2.45, 2.75) is 13.0 Å². The molecule has 1 fully saturated rings. The van der Waals surface area contributed by atoms with Crippen LogP contribution >= 0.6 is 23.2 Å². The molecule has 21 heavy (non-hydrogen) atoms. The molecule has 116 valence electrons. The van der Waals surface area contributed by atoms with E-state index in [-0.39, 0.29) is 25.2 Å². The Morgan fingerprint density at radius 2 is 2.29 bits per heavy atom. The summed E-state index contributed by atoms with van der Waals surface area (Å²) in [5.41, 5.74) is 1.29. The molecule has 2 N–H and O–H groups in total. The first-order valence-corrected chi connectivity index (χ1v) is 7.46. The summed E-state index contributed by atoms with van der Waals surface area (Å²) in [6.07, 6.45) is -0.238. The van der Waals surface area contributed by atoms with Gasteiger partial charge in [-0.3, -0.25) is 9.69 Å². The number of ether oxygens (including phenoxy) is 1. The van der Waals surface area contributed by atoms with E-state index in [1.54, 1.807) is 12.1 Å². The number of anilines is 1. The first-order valence-electron chi connectivity index (χ1n) is 6.70. The zero-order chi connectivity index (χ0) is 15.4. The van der Waals surface area contributed by atoms with Crippen LogP contribution < -0.4 is 5.32 Å². The minimum absolute atomic E-state index is 0.0480. The smallest absolute Gasteiger partial charge is 0.238 e. The van der Waals surface area contributed by atoms with E-state index in [1.165, 1.54) is 0 Å². The Kier molecular flexibility index (Phi) is 5.84. The first kappa shape index (κ1) is 16.5. The molecule has 0 aliphatic carbocycles. The summed E-state index contributed by atoms with van der Waals surface area (Å²) >= 11 is 12.2. The van der Waals surface area contributed by atoms with Gasteiger partial charge in [0.1, 0.15) is 0 Å². The molecule has 1 atom stereocenters. The Bertz CT molecular complexity index is 525. The molecule has 1 aromatic carbocycles. The highest BCUT2D eigenvalue weighted by Gasteiger charge is 2.22. The van der Waals surface area contributed by atoms with Crippen molar-refractivity contribution >= 4 is 34.8 Å². The average Bonchev–Trinajstić information content (AvgIpc) is 2.48. The van der Waals surface area contributed by atoms with Crippen molar-refractivity contribution in [1.29, 1.82) is 0 Å². The molecule has 0 saturated carbocycles. The summed E-state index contributed by atoms with van der Waals surface area (Å²) in [6.45, 7) is 3.69. The minimum Gasteiger partial charge on any atom is -0.394 e. The molecule has 0 spiro atoms. The van der Waals surface area contributed by atoms with Crippen LogP contribution in [0.15, 0.2) is 12.1 Å². The van der Waals surface area contributed by atoms with E-state index in [9.17, 15) is 4.79 Å². The molecule has 0 radical (unpaired) electrons. The highest BCUT2D eigenvalue weighted by Crippen LogP contribution is 2.32. The molecule has 1 aromatic rings. The summed E-state index contributed by atoms with van der Waals surface area (Å²) in [4.78, 5) is 14.0. The molecule has 0 bridgehead atoms. The van der Waals surface area contributed by atoms with Crippen molar-refractivity contribution in [2.24, 2.45) is 0 Å². The second kappa shape index (κ2) is 7.42. The maximum atomic E-state index is 12.1.